The summed E-state index contributed by atoms with van der Waals surface area (Å²) in [5.74, 6) is -0.158. The third kappa shape index (κ3) is 4.27. The van der Waals surface area contributed by atoms with Crippen LogP contribution in [0, 0.1) is 6.92 Å². The molecule has 150 valence electrons. The molecule has 2 aromatic heterocycles. The van der Waals surface area contributed by atoms with Crippen LogP contribution in [0.5, 0.6) is 0 Å². The van der Waals surface area contributed by atoms with Crippen LogP contribution in [-0.4, -0.2) is 44.5 Å². The first kappa shape index (κ1) is 22.1. The molecular weight excluding hydrogens is 399 g/mol. The second kappa shape index (κ2) is 9.32. The summed E-state index contributed by atoms with van der Waals surface area (Å²) in [5.41, 5.74) is 2.00. The molecule has 4 rings (SSSR count). The van der Waals surface area contributed by atoms with Crippen LogP contribution in [0.2, 0.25) is 0 Å². The maximum atomic E-state index is 12.7. The lowest BCUT2D eigenvalue weighted by atomic mass is 10.0. The summed E-state index contributed by atoms with van der Waals surface area (Å²) in [5, 5.41) is 16.9. The third-order valence-electron chi connectivity index (χ3n) is 4.95. The van der Waals surface area contributed by atoms with E-state index in [1.54, 1.807) is 10.9 Å². The molecule has 3 heterocycles. The van der Waals surface area contributed by atoms with Crippen LogP contribution < -0.4 is 10.6 Å². The topological polar surface area (TPSA) is 84.7 Å². The monoisotopic (exact) mass is 422 g/mol. The van der Waals surface area contributed by atoms with Gasteiger partial charge in [0.2, 0.25) is 0 Å². The molecular formula is C19H24Cl2N6O. The summed E-state index contributed by atoms with van der Waals surface area (Å²) in [6, 6.07) is 8.46. The van der Waals surface area contributed by atoms with Crippen LogP contribution in [-0.2, 0) is 0 Å². The van der Waals surface area contributed by atoms with Gasteiger partial charge in [0.25, 0.3) is 5.91 Å². The maximum Gasteiger partial charge on any atom is 0.273 e. The Balaban J connectivity index is 0.00000140. The first-order valence-corrected chi connectivity index (χ1v) is 8.93. The van der Waals surface area contributed by atoms with E-state index >= 15 is 0 Å². The molecule has 0 saturated carbocycles. The normalized spacial score (nSPS) is 18.8. The largest absolute Gasteiger partial charge is 0.348 e. The molecule has 0 aliphatic carbocycles. The fraction of sp³-hybridized carbons (Fsp3) is 0.368. The molecule has 2 unspecified atom stereocenters. The number of nitrogens with zero attached hydrogens (tertiary/aromatic N) is 4. The van der Waals surface area contributed by atoms with Gasteiger partial charge in [-0.3, -0.25) is 9.78 Å². The first-order valence-electron chi connectivity index (χ1n) is 8.93. The van der Waals surface area contributed by atoms with Crippen molar-refractivity contribution >= 4 is 41.5 Å². The van der Waals surface area contributed by atoms with Gasteiger partial charge in [0.1, 0.15) is 0 Å². The Kier molecular flexibility index (Phi) is 7.35. The summed E-state index contributed by atoms with van der Waals surface area (Å²) in [6.45, 7) is 4.93. The quantitative estimate of drug-likeness (QED) is 0.677. The van der Waals surface area contributed by atoms with Gasteiger partial charge in [-0.1, -0.05) is 17.3 Å². The average Bonchev–Trinajstić information content (AvgIpc) is 3.02. The number of nitrogens with one attached hydrogen (secondary N) is 2. The van der Waals surface area contributed by atoms with Gasteiger partial charge in [-0.25, -0.2) is 4.68 Å². The van der Waals surface area contributed by atoms with E-state index in [1.165, 1.54) is 0 Å². The number of fused-ring (bicyclic) bond motifs is 1. The predicted octanol–water partition coefficient (Wildman–Crippen LogP) is 2.84. The van der Waals surface area contributed by atoms with Crippen LogP contribution in [0.25, 0.3) is 16.5 Å². The van der Waals surface area contributed by atoms with Gasteiger partial charge in [0.05, 0.1) is 11.4 Å². The number of benzene rings is 1. The number of hydrogen-bond acceptors (Lipinski definition) is 5. The van der Waals surface area contributed by atoms with E-state index in [9.17, 15) is 4.79 Å². The number of carbonyl (C=O) groups excluding carboxylic acids is 1. The van der Waals surface area contributed by atoms with Gasteiger partial charge in [0.15, 0.2) is 5.69 Å². The highest BCUT2D eigenvalue weighted by atomic mass is 35.5. The zero-order valence-corrected chi connectivity index (χ0v) is 17.4. The number of aromatic nitrogens is 4. The van der Waals surface area contributed by atoms with Gasteiger partial charge < -0.3 is 10.6 Å². The predicted molar refractivity (Wildman–Crippen MR) is 114 cm³/mol. The molecule has 28 heavy (non-hydrogen) atoms. The van der Waals surface area contributed by atoms with E-state index in [0.717, 1.165) is 41.5 Å². The van der Waals surface area contributed by atoms with E-state index in [-0.39, 0.29) is 36.8 Å². The number of halogens is 2. The fourth-order valence-electron chi connectivity index (χ4n) is 3.57. The van der Waals surface area contributed by atoms with Crippen molar-refractivity contribution < 1.29 is 4.79 Å². The number of piperidine rings is 1. The van der Waals surface area contributed by atoms with Crippen molar-refractivity contribution in [2.75, 3.05) is 6.54 Å². The molecule has 1 aliphatic rings. The van der Waals surface area contributed by atoms with Crippen LogP contribution in [0.3, 0.4) is 0 Å². The minimum absolute atomic E-state index is 0. The van der Waals surface area contributed by atoms with E-state index in [2.05, 4.69) is 32.9 Å². The van der Waals surface area contributed by atoms with E-state index in [1.807, 2.05) is 37.4 Å². The van der Waals surface area contributed by atoms with Crippen molar-refractivity contribution in [2.45, 2.75) is 38.8 Å². The Bertz CT molecular complexity index is 955. The van der Waals surface area contributed by atoms with Crippen molar-refractivity contribution in [3.63, 3.8) is 0 Å². The van der Waals surface area contributed by atoms with E-state index in [0.29, 0.717) is 11.7 Å². The molecule has 0 radical (unpaired) electrons. The highest BCUT2D eigenvalue weighted by molar-refractivity contribution is 5.94. The molecule has 1 fully saturated rings. The zero-order chi connectivity index (χ0) is 18.1. The van der Waals surface area contributed by atoms with Gasteiger partial charge in [0, 0.05) is 35.2 Å². The van der Waals surface area contributed by atoms with Gasteiger partial charge >= 0.3 is 0 Å². The number of pyridine rings is 1. The summed E-state index contributed by atoms with van der Waals surface area (Å²) in [4.78, 5) is 16.9. The van der Waals surface area contributed by atoms with Crippen molar-refractivity contribution in [3.05, 3.63) is 48.0 Å². The average molecular weight is 423 g/mol. The van der Waals surface area contributed by atoms with Gasteiger partial charge in [-0.2, -0.15) is 0 Å². The first-order chi connectivity index (χ1) is 12.6. The maximum absolute atomic E-state index is 12.7. The Morgan fingerprint density at radius 3 is 2.89 bits per heavy atom. The number of amides is 1. The molecule has 2 N–H and O–H groups in total. The van der Waals surface area contributed by atoms with Gasteiger partial charge in [-0.15, -0.1) is 29.9 Å². The molecule has 0 spiro atoms. The highest BCUT2D eigenvalue weighted by Crippen LogP contribution is 2.22. The number of hydrogen-bond donors (Lipinski definition) is 2. The fourth-order valence-corrected chi connectivity index (χ4v) is 3.57. The van der Waals surface area contributed by atoms with Gasteiger partial charge in [-0.05, 0) is 45.4 Å². The number of carbonyl (C=O) groups is 1. The molecule has 9 heteroatoms. The van der Waals surface area contributed by atoms with E-state index in [4.69, 9.17) is 0 Å². The highest BCUT2D eigenvalue weighted by Gasteiger charge is 2.24. The zero-order valence-electron chi connectivity index (χ0n) is 15.8. The lowest BCUT2D eigenvalue weighted by molar-refractivity contribution is 0.0920. The Hall–Kier alpha value is -2.22. The minimum atomic E-state index is -0.158. The third-order valence-corrected chi connectivity index (χ3v) is 4.95. The van der Waals surface area contributed by atoms with Crippen molar-refractivity contribution in [2.24, 2.45) is 0 Å². The molecule has 7 nitrogen and oxygen atoms in total. The van der Waals surface area contributed by atoms with Crippen molar-refractivity contribution in [1.82, 2.24) is 30.6 Å². The van der Waals surface area contributed by atoms with Crippen LogP contribution in [0.4, 0.5) is 0 Å². The number of rotatable bonds is 3. The summed E-state index contributed by atoms with van der Waals surface area (Å²) in [7, 11) is 0. The van der Waals surface area contributed by atoms with Crippen LogP contribution in [0.1, 0.15) is 35.9 Å². The van der Waals surface area contributed by atoms with E-state index < -0.39 is 0 Å². The van der Waals surface area contributed by atoms with Crippen molar-refractivity contribution in [3.8, 4) is 5.69 Å². The molecule has 1 aliphatic heterocycles. The summed E-state index contributed by atoms with van der Waals surface area (Å²) < 4.78 is 1.72. The second-order valence-electron chi connectivity index (χ2n) is 6.86. The second-order valence-corrected chi connectivity index (χ2v) is 6.86. The Morgan fingerprint density at radius 1 is 1.29 bits per heavy atom. The lowest BCUT2D eigenvalue weighted by Gasteiger charge is -2.28. The SMILES string of the molecule is Cc1c(C(=O)NC2CCNC(C)C2)nnn1-c1cccc2cnccc12.Cl.Cl. The van der Waals surface area contributed by atoms with Crippen molar-refractivity contribution in [1.29, 1.82) is 0 Å². The summed E-state index contributed by atoms with van der Waals surface area (Å²) in [6.07, 6.45) is 5.43. The smallest absolute Gasteiger partial charge is 0.273 e. The van der Waals surface area contributed by atoms with Crippen LogP contribution in [0.15, 0.2) is 36.7 Å². The molecule has 0 bridgehead atoms. The molecule has 1 amide bonds. The Morgan fingerprint density at radius 2 is 2.11 bits per heavy atom. The molecule has 3 aromatic rings. The lowest BCUT2D eigenvalue weighted by Crippen LogP contribution is -2.46. The standard InChI is InChI=1S/C19H22N6O.2ClH/c1-12-10-15(6-9-21-12)22-19(26)18-13(2)25(24-23-18)17-5-3-4-14-11-20-8-7-16(14)17;;/h3-5,7-8,11-12,15,21H,6,9-10H2,1-2H3,(H,22,26);2*1H. The minimum Gasteiger partial charge on any atom is -0.348 e. The molecule has 1 aromatic carbocycles. The van der Waals surface area contributed by atoms with Crippen LogP contribution >= 0.6 is 24.8 Å². The Labute approximate surface area is 176 Å². The molecule has 1 saturated heterocycles. The molecule has 2 atom stereocenters. The summed E-state index contributed by atoms with van der Waals surface area (Å²) >= 11 is 0.